The van der Waals surface area contributed by atoms with Gasteiger partial charge in [0.2, 0.25) is 5.90 Å². The summed E-state index contributed by atoms with van der Waals surface area (Å²) in [7, 11) is 0. The van der Waals surface area contributed by atoms with Crippen LogP contribution in [-0.2, 0) is 4.74 Å². The fraction of sp³-hybridized carbons (Fsp3) is 0.300. The Bertz CT molecular complexity index is 376. The van der Waals surface area contributed by atoms with Crippen molar-refractivity contribution in [3.05, 3.63) is 34.1 Å². The van der Waals surface area contributed by atoms with E-state index < -0.39 is 11.9 Å². The Kier molecular flexibility index (Phi) is 6.55. The minimum absolute atomic E-state index is 0. The molecule has 0 saturated carbocycles. The highest BCUT2D eigenvalue weighted by atomic mass is 79.9. The Morgan fingerprint density at radius 1 is 1.62 bits per heavy atom. The number of nitrogens with one attached hydrogen (secondary N) is 1. The van der Waals surface area contributed by atoms with Crippen LogP contribution >= 0.6 is 28.3 Å². The van der Waals surface area contributed by atoms with Gasteiger partial charge in [-0.2, -0.15) is 0 Å². The Hall–Kier alpha value is -0.650. The third kappa shape index (κ3) is 3.43. The van der Waals surface area contributed by atoms with E-state index >= 15 is 0 Å². The molecule has 1 unspecified atom stereocenters. The zero-order chi connectivity index (χ0) is 11.4. The van der Waals surface area contributed by atoms with Gasteiger partial charge in [-0.25, -0.2) is 4.39 Å². The van der Waals surface area contributed by atoms with Gasteiger partial charge in [0.15, 0.2) is 6.10 Å². The first-order valence-electron chi connectivity index (χ1n) is 4.41. The van der Waals surface area contributed by atoms with Gasteiger partial charge < -0.3 is 9.84 Å². The molecule has 0 aliphatic carbocycles. The minimum atomic E-state index is -1.36. The van der Waals surface area contributed by atoms with Gasteiger partial charge in [0.25, 0.3) is 0 Å². The number of halogens is 3. The number of hydrogen-bond donors (Lipinski definition) is 2. The molecule has 0 spiro atoms. The topological polar surface area (TPSA) is 53.3 Å². The Morgan fingerprint density at radius 2 is 2.25 bits per heavy atom. The van der Waals surface area contributed by atoms with Crippen LogP contribution in [0.25, 0.3) is 0 Å². The van der Waals surface area contributed by atoms with Crippen molar-refractivity contribution in [2.75, 3.05) is 6.61 Å². The largest absolute Gasteiger partial charge is 0.479 e. The van der Waals surface area contributed by atoms with E-state index in [1.807, 2.05) is 0 Å². The molecule has 1 aromatic rings. The summed E-state index contributed by atoms with van der Waals surface area (Å²) < 4.78 is 18.6. The molecule has 0 fully saturated rings. The molecule has 0 aliphatic heterocycles. The molecule has 0 aliphatic rings. The van der Waals surface area contributed by atoms with Crippen LogP contribution in [0.2, 0.25) is 0 Å². The maximum Gasteiger partial charge on any atom is 0.215 e. The Balaban J connectivity index is 0.00000225. The number of aliphatic hydroxyl groups excluding tert-OH is 1. The highest BCUT2D eigenvalue weighted by Crippen LogP contribution is 2.24. The summed E-state index contributed by atoms with van der Waals surface area (Å²) in [5.41, 5.74) is 0.0304. The lowest BCUT2D eigenvalue weighted by atomic mass is 10.1. The molecule has 0 radical (unpaired) electrons. The third-order valence-corrected chi connectivity index (χ3v) is 2.44. The summed E-state index contributed by atoms with van der Waals surface area (Å²) in [5, 5.41) is 17.0. The number of hydrogen-bond acceptors (Lipinski definition) is 3. The van der Waals surface area contributed by atoms with E-state index in [1.165, 1.54) is 12.1 Å². The second kappa shape index (κ2) is 6.83. The highest BCUT2D eigenvalue weighted by Gasteiger charge is 2.19. The first-order chi connectivity index (χ1) is 7.07. The molecule has 3 nitrogen and oxygen atoms in total. The lowest BCUT2D eigenvalue weighted by Crippen LogP contribution is -2.16. The molecular weight excluding hydrogens is 300 g/mol. The number of rotatable bonds is 3. The Morgan fingerprint density at radius 3 is 2.81 bits per heavy atom. The van der Waals surface area contributed by atoms with Gasteiger partial charge in [-0.3, -0.25) is 5.41 Å². The minimum Gasteiger partial charge on any atom is -0.479 e. The third-order valence-electron chi connectivity index (χ3n) is 1.82. The molecule has 1 aromatic carbocycles. The van der Waals surface area contributed by atoms with E-state index in [4.69, 9.17) is 10.1 Å². The van der Waals surface area contributed by atoms with Crippen molar-refractivity contribution < 1.29 is 14.2 Å². The molecule has 16 heavy (non-hydrogen) atoms. The monoisotopic (exact) mass is 311 g/mol. The van der Waals surface area contributed by atoms with E-state index in [0.29, 0.717) is 0 Å². The van der Waals surface area contributed by atoms with Crippen molar-refractivity contribution in [1.82, 2.24) is 0 Å². The second-order valence-corrected chi connectivity index (χ2v) is 3.70. The van der Waals surface area contributed by atoms with E-state index in [1.54, 1.807) is 13.0 Å². The molecule has 0 aromatic heterocycles. The van der Waals surface area contributed by atoms with Crippen LogP contribution in [0.1, 0.15) is 18.6 Å². The van der Waals surface area contributed by atoms with Crippen molar-refractivity contribution in [3.8, 4) is 0 Å². The molecule has 1 rings (SSSR count). The molecule has 0 bridgehead atoms. The summed E-state index contributed by atoms with van der Waals surface area (Å²) in [6.07, 6.45) is -1.36. The van der Waals surface area contributed by atoms with Gasteiger partial charge in [-0.15, -0.1) is 12.4 Å². The van der Waals surface area contributed by atoms with Crippen LogP contribution in [-0.4, -0.2) is 17.6 Å². The van der Waals surface area contributed by atoms with E-state index in [9.17, 15) is 9.50 Å². The molecule has 2 N–H and O–H groups in total. The second-order valence-electron chi connectivity index (χ2n) is 2.84. The number of aliphatic hydroxyl groups is 1. The van der Waals surface area contributed by atoms with Crippen molar-refractivity contribution in [2.45, 2.75) is 13.0 Å². The van der Waals surface area contributed by atoms with Gasteiger partial charge in [0.05, 0.1) is 11.1 Å². The molecular formula is C10H12BrClFNO2. The van der Waals surface area contributed by atoms with Crippen molar-refractivity contribution in [1.29, 1.82) is 5.41 Å². The van der Waals surface area contributed by atoms with E-state index in [-0.39, 0.29) is 34.9 Å². The molecule has 0 saturated heterocycles. The fourth-order valence-electron chi connectivity index (χ4n) is 1.11. The van der Waals surface area contributed by atoms with E-state index in [0.717, 1.165) is 0 Å². The maximum atomic E-state index is 13.5. The summed E-state index contributed by atoms with van der Waals surface area (Å²) in [5.74, 6) is -0.927. The molecule has 90 valence electrons. The van der Waals surface area contributed by atoms with Crippen molar-refractivity contribution in [3.63, 3.8) is 0 Å². The fourth-order valence-corrected chi connectivity index (χ4v) is 1.49. The lowest BCUT2D eigenvalue weighted by molar-refractivity contribution is 0.186. The van der Waals surface area contributed by atoms with Crippen LogP contribution in [0.4, 0.5) is 4.39 Å². The van der Waals surface area contributed by atoms with Gasteiger partial charge >= 0.3 is 0 Å². The zero-order valence-corrected chi connectivity index (χ0v) is 10.9. The summed E-state index contributed by atoms with van der Waals surface area (Å²) in [4.78, 5) is 0. The molecule has 1 atom stereocenters. The van der Waals surface area contributed by atoms with Crippen LogP contribution in [0, 0.1) is 11.2 Å². The maximum absolute atomic E-state index is 13.5. The van der Waals surface area contributed by atoms with Crippen molar-refractivity contribution >= 4 is 34.2 Å². The molecule has 6 heteroatoms. The van der Waals surface area contributed by atoms with Gasteiger partial charge in [0.1, 0.15) is 5.82 Å². The van der Waals surface area contributed by atoms with Crippen LogP contribution in [0.15, 0.2) is 22.7 Å². The van der Waals surface area contributed by atoms with Crippen molar-refractivity contribution in [2.24, 2.45) is 0 Å². The lowest BCUT2D eigenvalue weighted by Gasteiger charge is -2.13. The Labute approximate surface area is 108 Å². The molecule has 0 amide bonds. The van der Waals surface area contributed by atoms with Crippen LogP contribution in [0.3, 0.4) is 0 Å². The van der Waals surface area contributed by atoms with Crippen LogP contribution < -0.4 is 0 Å². The number of ether oxygens (including phenoxy) is 1. The zero-order valence-electron chi connectivity index (χ0n) is 8.54. The van der Waals surface area contributed by atoms with Gasteiger partial charge in [-0.1, -0.05) is 12.1 Å². The average molecular weight is 313 g/mol. The number of benzene rings is 1. The standard InChI is InChI=1S/C10H11BrFNO2.ClH/c1-2-15-10(13)9(14)6-4-3-5-7(11)8(6)12;/h3-5,9,13-14H,2H2,1H3;1H. The normalized spacial score (nSPS) is 11.5. The average Bonchev–Trinajstić information content (AvgIpc) is 2.21. The van der Waals surface area contributed by atoms with E-state index in [2.05, 4.69) is 15.9 Å². The summed E-state index contributed by atoms with van der Waals surface area (Å²) in [6.45, 7) is 1.96. The predicted octanol–water partition coefficient (Wildman–Crippen LogP) is 3.06. The van der Waals surface area contributed by atoms with Gasteiger partial charge in [0, 0.05) is 5.56 Å². The highest BCUT2D eigenvalue weighted by molar-refractivity contribution is 9.10. The quantitative estimate of drug-likeness (QED) is 0.666. The summed E-state index contributed by atoms with van der Waals surface area (Å²) >= 11 is 3.01. The van der Waals surface area contributed by atoms with Gasteiger partial charge in [-0.05, 0) is 28.9 Å². The SMILES string of the molecule is CCOC(=N)C(O)c1cccc(Br)c1F.Cl. The smallest absolute Gasteiger partial charge is 0.215 e. The van der Waals surface area contributed by atoms with Crippen LogP contribution in [0.5, 0.6) is 0 Å². The first-order valence-corrected chi connectivity index (χ1v) is 5.20. The summed E-state index contributed by atoms with van der Waals surface area (Å²) in [6, 6.07) is 4.53. The molecule has 0 heterocycles. The first kappa shape index (κ1) is 15.3. The predicted molar refractivity (Wildman–Crippen MR) is 65.7 cm³/mol.